The van der Waals surface area contributed by atoms with Gasteiger partial charge in [-0.3, -0.25) is 9.59 Å². The monoisotopic (exact) mass is 479 g/mol. The minimum atomic E-state index is -0.987. The van der Waals surface area contributed by atoms with Crippen molar-refractivity contribution in [2.24, 2.45) is 0 Å². The molecule has 2 aromatic heterocycles. The van der Waals surface area contributed by atoms with Crippen molar-refractivity contribution in [1.29, 1.82) is 0 Å². The topological polar surface area (TPSA) is 152 Å². The molecule has 1 aromatic carbocycles. The number of carbonyl (C=O) groups excluding carboxylic acids is 3. The van der Waals surface area contributed by atoms with E-state index < -0.39 is 29.8 Å². The quantitative estimate of drug-likeness (QED) is 0.434. The van der Waals surface area contributed by atoms with Crippen LogP contribution in [0.1, 0.15) is 74.3 Å². The Morgan fingerprint density at radius 1 is 1.23 bits per heavy atom. The molecule has 0 bridgehead atoms. The molecule has 0 saturated carbocycles. The molecule has 0 radical (unpaired) electrons. The van der Waals surface area contributed by atoms with E-state index in [4.69, 9.17) is 4.74 Å². The van der Waals surface area contributed by atoms with E-state index in [0.717, 1.165) is 11.1 Å². The van der Waals surface area contributed by atoms with Crippen molar-refractivity contribution in [3.05, 3.63) is 64.1 Å². The Bertz CT molecular complexity index is 1350. The van der Waals surface area contributed by atoms with Crippen LogP contribution in [0.5, 0.6) is 0 Å². The van der Waals surface area contributed by atoms with Gasteiger partial charge < -0.3 is 20.5 Å². The largest absolute Gasteiger partial charge is 0.478 e. The van der Waals surface area contributed by atoms with Gasteiger partial charge in [0, 0.05) is 12.1 Å². The molecule has 2 atom stereocenters. The lowest BCUT2D eigenvalue weighted by atomic mass is 9.98. The van der Waals surface area contributed by atoms with Crippen LogP contribution in [0.15, 0.2) is 30.5 Å². The molecule has 182 valence electrons. The molecule has 0 saturated heterocycles. The number of ether oxygens (including phenoxy) is 1. The van der Waals surface area contributed by atoms with Crippen LogP contribution in [0.4, 0.5) is 0 Å². The van der Waals surface area contributed by atoms with Crippen LogP contribution in [-0.2, 0) is 16.0 Å². The first-order valence-corrected chi connectivity index (χ1v) is 11.2. The molecule has 0 spiro atoms. The zero-order valence-electron chi connectivity index (χ0n) is 19.5. The van der Waals surface area contributed by atoms with Gasteiger partial charge in [0.2, 0.25) is 0 Å². The lowest BCUT2D eigenvalue weighted by molar-refractivity contribution is -0.144. The van der Waals surface area contributed by atoms with Crippen molar-refractivity contribution in [1.82, 2.24) is 25.2 Å². The molecule has 2 heterocycles. The van der Waals surface area contributed by atoms with E-state index in [2.05, 4.69) is 20.7 Å². The minimum absolute atomic E-state index is 0.0481. The summed E-state index contributed by atoms with van der Waals surface area (Å²) in [6, 6.07) is 4.94. The van der Waals surface area contributed by atoms with Crippen molar-refractivity contribution in [3.63, 3.8) is 0 Å². The first-order valence-electron chi connectivity index (χ1n) is 11.2. The second kappa shape index (κ2) is 9.53. The zero-order chi connectivity index (χ0) is 25.3. The summed E-state index contributed by atoms with van der Waals surface area (Å²) >= 11 is 0. The van der Waals surface area contributed by atoms with Crippen LogP contribution in [0.3, 0.4) is 0 Å². The van der Waals surface area contributed by atoms with E-state index in [9.17, 15) is 24.3 Å². The number of aromatic nitrogens is 3. The molecule has 3 N–H and O–H groups in total. The normalized spacial score (nSPS) is 15.3. The van der Waals surface area contributed by atoms with Gasteiger partial charge in [0.15, 0.2) is 5.65 Å². The van der Waals surface area contributed by atoms with Gasteiger partial charge in [-0.05, 0) is 56.4 Å². The highest BCUT2D eigenvalue weighted by Crippen LogP contribution is 2.34. The van der Waals surface area contributed by atoms with Gasteiger partial charge in [-0.2, -0.15) is 5.10 Å². The summed E-state index contributed by atoms with van der Waals surface area (Å²) in [5.74, 6) is -2.66. The Labute approximate surface area is 200 Å². The number of fused-ring (bicyclic) bond motifs is 2. The standard InChI is InChI=1S/C24H25N5O6/c1-4-35-24(34)13(3)26-21(30)18-11-19(29-20(27-18)9-10-25-29)22(31)28-17-8-7-14-12(2)15(23(32)33)5-6-16(14)17/h5-6,9-11,13,17H,4,7-8H2,1-3H3,(H,26,30)(H,28,31)(H,32,33)/t13?,17-/m0/s1. The number of amides is 2. The highest BCUT2D eigenvalue weighted by molar-refractivity contribution is 5.99. The third-order valence-electron chi connectivity index (χ3n) is 6.04. The molecule has 0 aliphatic heterocycles. The lowest BCUT2D eigenvalue weighted by Crippen LogP contribution is -2.40. The Morgan fingerprint density at radius 3 is 2.71 bits per heavy atom. The Balaban J connectivity index is 1.59. The number of carboxylic acid groups (broad SMARTS) is 1. The Morgan fingerprint density at radius 2 is 2.00 bits per heavy atom. The lowest BCUT2D eigenvalue weighted by Gasteiger charge is -2.16. The van der Waals surface area contributed by atoms with E-state index >= 15 is 0 Å². The van der Waals surface area contributed by atoms with Gasteiger partial charge in [-0.1, -0.05) is 6.07 Å². The summed E-state index contributed by atoms with van der Waals surface area (Å²) in [5.41, 5.74) is 3.07. The van der Waals surface area contributed by atoms with Gasteiger partial charge in [-0.25, -0.2) is 19.1 Å². The predicted molar refractivity (Wildman–Crippen MR) is 123 cm³/mol. The summed E-state index contributed by atoms with van der Waals surface area (Å²) < 4.78 is 6.24. The van der Waals surface area contributed by atoms with Crippen LogP contribution in [0.2, 0.25) is 0 Å². The molecule has 3 aromatic rings. The van der Waals surface area contributed by atoms with E-state index in [-0.39, 0.29) is 29.6 Å². The number of aromatic carboxylic acids is 1. The molecule has 1 unspecified atom stereocenters. The van der Waals surface area contributed by atoms with Gasteiger partial charge in [0.05, 0.1) is 24.4 Å². The summed E-state index contributed by atoms with van der Waals surface area (Å²) in [6.07, 6.45) is 2.71. The number of nitrogens with one attached hydrogen (secondary N) is 2. The Hall–Kier alpha value is -4.28. The number of nitrogens with zero attached hydrogens (tertiary/aromatic N) is 3. The maximum absolute atomic E-state index is 13.3. The molecule has 1 aliphatic rings. The summed E-state index contributed by atoms with van der Waals surface area (Å²) in [5, 5.41) is 19.0. The average Bonchev–Trinajstić information content (AvgIpc) is 3.46. The molecular formula is C24H25N5O6. The average molecular weight is 479 g/mol. The molecule has 11 heteroatoms. The van der Waals surface area contributed by atoms with E-state index in [1.54, 1.807) is 32.0 Å². The number of carboxylic acids is 1. The number of carbonyl (C=O) groups is 4. The van der Waals surface area contributed by atoms with Gasteiger partial charge >= 0.3 is 11.9 Å². The van der Waals surface area contributed by atoms with Gasteiger partial charge in [0.1, 0.15) is 17.4 Å². The molecule has 35 heavy (non-hydrogen) atoms. The number of rotatable bonds is 7. The fourth-order valence-corrected chi connectivity index (χ4v) is 4.28. The van der Waals surface area contributed by atoms with Crippen molar-refractivity contribution < 1.29 is 29.0 Å². The molecule has 4 rings (SSSR count). The van der Waals surface area contributed by atoms with Crippen LogP contribution < -0.4 is 10.6 Å². The fraction of sp³-hybridized carbons (Fsp3) is 0.333. The van der Waals surface area contributed by atoms with Gasteiger partial charge in [0.25, 0.3) is 11.8 Å². The molecule has 2 amide bonds. The third kappa shape index (κ3) is 4.57. The third-order valence-corrected chi connectivity index (χ3v) is 6.04. The minimum Gasteiger partial charge on any atom is -0.478 e. The molecular weight excluding hydrogens is 454 g/mol. The van der Waals surface area contributed by atoms with E-state index in [0.29, 0.717) is 24.1 Å². The second-order valence-electron chi connectivity index (χ2n) is 8.25. The fourth-order valence-electron chi connectivity index (χ4n) is 4.28. The summed E-state index contributed by atoms with van der Waals surface area (Å²) in [4.78, 5) is 53.6. The van der Waals surface area contributed by atoms with Crippen LogP contribution in [-0.4, -0.2) is 56.1 Å². The van der Waals surface area contributed by atoms with Gasteiger partial charge in [-0.15, -0.1) is 0 Å². The first-order chi connectivity index (χ1) is 16.7. The summed E-state index contributed by atoms with van der Waals surface area (Å²) in [7, 11) is 0. The predicted octanol–water partition coefficient (Wildman–Crippen LogP) is 1.83. The van der Waals surface area contributed by atoms with Crippen molar-refractivity contribution in [3.8, 4) is 0 Å². The highest BCUT2D eigenvalue weighted by atomic mass is 16.5. The van der Waals surface area contributed by atoms with Crippen molar-refractivity contribution in [2.45, 2.75) is 45.7 Å². The van der Waals surface area contributed by atoms with Crippen molar-refractivity contribution in [2.75, 3.05) is 6.61 Å². The van der Waals surface area contributed by atoms with Crippen LogP contribution in [0.25, 0.3) is 5.65 Å². The zero-order valence-corrected chi connectivity index (χ0v) is 19.5. The number of hydrogen-bond acceptors (Lipinski definition) is 7. The summed E-state index contributed by atoms with van der Waals surface area (Å²) in [6.45, 7) is 5.12. The van der Waals surface area contributed by atoms with Crippen LogP contribution in [0, 0.1) is 6.92 Å². The first kappa shape index (κ1) is 23.9. The highest BCUT2D eigenvalue weighted by Gasteiger charge is 2.29. The SMILES string of the molecule is CCOC(=O)C(C)NC(=O)c1cc(C(=O)N[C@H]2CCc3c2ccc(C(=O)O)c3C)n2nccc2n1. The maximum atomic E-state index is 13.3. The number of esters is 1. The van der Waals surface area contributed by atoms with E-state index in [1.807, 2.05) is 0 Å². The molecule has 1 aliphatic carbocycles. The second-order valence-corrected chi connectivity index (χ2v) is 8.25. The van der Waals surface area contributed by atoms with Crippen molar-refractivity contribution >= 4 is 29.4 Å². The van der Waals surface area contributed by atoms with E-state index in [1.165, 1.54) is 23.7 Å². The smallest absolute Gasteiger partial charge is 0.335 e. The molecule has 0 fully saturated rings. The maximum Gasteiger partial charge on any atom is 0.335 e. The van der Waals surface area contributed by atoms with Crippen LogP contribution >= 0.6 is 0 Å². The molecule has 11 nitrogen and oxygen atoms in total. The number of benzene rings is 1. The Kier molecular flexibility index (Phi) is 6.50. The number of hydrogen-bond donors (Lipinski definition) is 3.